The fraction of sp³-hybridized carbons (Fsp3) is 0.333. The SMILES string of the molecule is O=C(CN1CCN(CCO)CC1)Nc1nc2ccc(Sc3cnc4ncccn34)cc2s1. The summed E-state index contributed by atoms with van der Waals surface area (Å²) in [5.41, 5.74) is 0.868. The van der Waals surface area contributed by atoms with Gasteiger partial charge in [0.15, 0.2) is 5.13 Å². The molecule has 4 aromatic rings. The molecule has 3 aromatic heterocycles. The van der Waals surface area contributed by atoms with Gasteiger partial charge < -0.3 is 10.4 Å². The zero-order chi connectivity index (χ0) is 21.9. The number of nitrogens with zero attached hydrogens (tertiary/aromatic N) is 6. The van der Waals surface area contributed by atoms with E-state index in [0.717, 1.165) is 46.3 Å². The second-order valence-corrected chi connectivity index (χ2v) is 9.65. The quantitative estimate of drug-likeness (QED) is 0.424. The Morgan fingerprint density at radius 1 is 1.19 bits per heavy atom. The van der Waals surface area contributed by atoms with Crippen molar-refractivity contribution in [3.8, 4) is 0 Å². The van der Waals surface area contributed by atoms with E-state index in [0.29, 0.717) is 24.0 Å². The van der Waals surface area contributed by atoms with Crippen LogP contribution >= 0.6 is 23.1 Å². The van der Waals surface area contributed by atoms with E-state index >= 15 is 0 Å². The molecule has 9 nitrogen and oxygen atoms in total. The predicted molar refractivity (Wildman–Crippen MR) is 125 cm³/mol. The fourth-order valence-corrected chi connectivity index (χ4v) is 5.59. The first-order chi connectivity index (χ1) is 15.7. The average Bonchev–Trinajstić information content (AvgIpc) is 3.38. The van der Waals surface area contributed by atoms with Gasteiger partial charge in [-0.1, -0.05) is 23.1 Å². The van der Waals surface area contributed by atoms with Gasteiger partial charge in [0.2, 0.25) is 11.7 Å². The number of rotatable bonds is 7. The van der Waals surface area contributed by atoms with Gasteiger partial charge >= 0.3 is 0 Å². The number of carbonyl (C=O) groups is 1. The van der Waals surface area contributed by atoms with Crippen LogP contribution in [0.4, 0.5) is 5.13 Å². The summed E-state index contributed by atoms with van der Waals surface area (Å²) in [6.07, 6.45) is 5.50. The third-order valence-electron chi connectivity index (χ3n) is 5.33. The molecule has 0 spiro atoms. The molecule has 0 aliphatic carbocycles. The van der Waals surface area contributed by atoms with Crippen LogP contribution in [0, 0.1) is 0 Å². The van der Waals surface area contributed by atoms with Crippen molar-refractivity contribution in [3.63, 3.8) is 0 Å². The van der Waals surface area contributed by atoms with Crippen molar-refractivity contribution in [2.45, 2.75) is 9.92 Å². The summed E-state index contributed by atoms with van der Waals surface area (Å²) >= 11 is 3.09. The molecule has 0 saturated carbocycles. The number of aliphatic hydroxyl groups is 1. The van der Waals surface area contributed by atoms with Crippen molar-refractivity contribution in [1.82, 2.24) is 29.2 Å². The van der Waals surface area contributed by atoms with E-state index in [1.165, 1.54) is 11.3 Å². The Bertz CT molecular complexity index is 1230. The Kier molecular flexibility index (Phi) is 6.32. The van der Waals surface area contributed by atoms with E-state index in [1.807, 2.05) is 35.0 Å². The van der Waals surface area contributed by atoms with Crippen molar-refractivity contribution in [3.05, 3.63) is 42.9 Å². The molecule has 5 rings (SSSR count). The van der Waals surface area contributed by atoms with Crippen LogP contribution in [0.25, 0.3) is 16.0 Å². The second-order valence-electron chi connectivity index (χ2n) is 7.53. The summed E-state index contributed by atoms with van der Waals surface area (Å²) < 4.78 is 2.98. The number of fused-ring (bicyclic) bond motifs is 2. The maximum Gasteiger partial charge on any atom is 0.240 e. The van der Waals surface area contributed by atoms with E-state index in [1.54, 1.807) is 18.0 Å². The van der Waals surface area contributed by atoms with Crippen LogP contribution in [0.15, 0.2) is 52.8 Å². The van der Waals surface area contributed by atoms with E-state index in [9.17, 15) is 4.79 Å². The van der Waals surface area contributed by atoms with Gasteiger partial charge in [-0.15, -0.1) is 0 Å². The first-order valence-corrected chi connectivity index (χ1v) is 12.0. The van der Waals surface area contributed by atoms with Gasteiger partial charge in [-0.3, -0.25) is 19.0 Å². The highest BCUT2D eigenvalue weighted by atomic mass is 32.2. The van der Waals surface area contributed by atoms with Crippen LogP contribution in [0.5, 0.6) is 0 Å². The standard InChI is InChI=1S/C21H23N7O2S2/c29-11-10-26-6-8-27(9-7-26)14-18(30)25-21-24-16-3-2-15(12-17(16)32-21)31-19-13-23-20-22-4-1-5-28(19)20/h1-5,12-13,29H,6-11,14H2,(H,24,25,30). The van der Waals surface area contributed by atoms with Gasteiger partial charge in [0.05, 0.1) is 29.6 Å². The minimum Gasteiger partial charge on any atom is -0.395 e. The molecule has 32 heavy (non-hydrogen) atoms. The van der Waals surface area contributed by atoms with Gasteiger partial charge in [0, 0.05) is 50.0 Å². The molecular weight excluding hydrogens is 446 g/mol. The van der Waals surface area contributed by atoms with Gasteiger partial charge in [0.25, 0.3) is 0 Å². The molecule has 1 fully saturated rings. The molecule has 166 valence electrons. The van der Waals surface area contributed by atoms with Crippen LogP contribution < -0.4 is 5.32 Å². The normalized spacial score (nSPS) is 15.5. The second kappa shape index (κ2) is 9.51. The topological polar surface area (TPSA) is 98.9 Å². The number of β-amino-alcohol motifs (C(OH)–C–C–N with tert-alkyl or cyclic N) is 1. The maximum atomic E-state index is 12.5. The number of hydrogen-bond donors (Lipinski definition) is 2. The zero-order valence-electron chi connectivity index (χ0n) is 17.3. The van der Waals surface area contributed by atoms with Crippen molar-refractivity contribution in [1.29, 1.82) is 0 Å². The molecule has 2 N–H and O–H groups in total. The largest absolute Gasteiger partial charge is 0.395 e. The highest BCUT2D eigenvalue weighted by Crippen LogP contribution is 2.33. The number of anilines is 1. The van der Waals surface area contributed by atoms with Crippen molar-refractivity contribution >= 4 is 50.1 Å². The predicted octanol–water partition coefficient (Wildman–Crippen LogP) is 2.04. The number of carbonyl (C=O) groups excluding carboxylic acids is 1. The Morgan fingerprint density at radius 3 is 2.88 bits per heavy atom. The number of thiazole rings is 1. The summed E-state index contributed by atoms with van der Waals surface area (Å²) in [7, 11) is 0. The number of amides is 1. The number of imidazole rings is 1. The number of hydrogen-bond acceptors (Lipinski definition) is 9. The van der Waals surface area contributed by atoms with Crippen LogP contribution in [0.3, 0.4) is 0 Å². The Labute approximate surface area is 193 Å². The lowest BCUT2D eigenvalue weighted by molar-refractivity contribution is -0.117. The molecule has 4 heterocycles. The van der Waals surface area contributed by atoms with Gasteiger partial charge in [-0.05, 0) is 24.3 Å². The monoisotopic (exact) mass is 469 g/mol. The van der Waals surface area contributed by atoms with E-state index in [-0.39, 0.29) is 12.5 Å². The van der Waals surface area contributed by atoms with Crippen molar-refractivity contribution < 1.29 is 9.90 Å². The van der Waals surface area contributed by atoms with Crippen LogP contribution in [-0.4, -0.2) is 86.0 Å². The lowest BCUT2D eigenvalue weighted by Crippen LogP contribution is -2.49. The highest BCUT2D eigenvalue weighted by molar-refractivity contribution is 7.99. The minimum absolute atomic E-state index is 0.0486. The molecular formula is C21H23N7O2S2. The van der Waals surface area contributed by atoms with E-state index in [2.05, 4.69) is 36.1 Å². The number of nitrogens with one attached hydrogen (secondary N) is 1. The molecule has 0 atom stereocenters. The maximum absolute atomic E-state index is 12.5. The fourth-order valence-electron chi connectivity index (χ4n) is 3.70. The summed E-state index contributed by atoms with van der Waals surface area (Å²) in [6.45, 7) is 4.62. The molecule has 1 amide bonds. The lowest BCUT2D eigenvalue weighted by Gasteiger charge is -2.33. The Hall–Kier alpha value is -2.57. The van der Waals surface area contributed by atoms with E-state index in [4.69, 9.17) is 5.11 Å². The van der Waals surface area contributed by atoms with Crippen LogP contribution in [0.1, 0.15) is 0 Å². The molecule has 1 aromatic carbocycles. The summed E-state index contributed by atoms with van der Waals surface area (Å²) in [5.74, 6) is 0.626. The molecule has 0 bridgehead atoms. The first kappa shape index (κ1) is 21.3. The number of aromatic nitrogens is 4. The third kappa shape index (κ3) is 4.76. The molecule has 0 radical (unpaired) electrons. The average molecular weight is 470 g/mol. The number of piperazine rings is 1. The van der Waals surface area contributed by atoms with E-state index < -0.39 is 0 Å². The van der Waals surface area contributed by atoms with Gasteiger partial charge in [-0.2, -0.15) is 0 Å². The van der Waals surface area contributed by atoms with Crippen LogP contribution in [0.2, 0.25) is 0 Å². The lowest BCUT2D eigenvalue weighted by atomic mass is 10.3. The summed E-state index contributed by atoms with van der Waals surface area (Å²) in [5, 5.41) is 13.6. The van der Waals surface area contributed by atoms with Crippen LogP contribution in [-0.2, 0) is 4.79 Å². The number of benzene rings is 1. The Morgan fingerprint density at radius 2 is 2.03 bits per heavy atom. The highest BCUT2D eigenvalue weighted by Gasteiger charge is 2.19. The molecule has 1 aliphatic heterocycles. The molecule has 0 unspecified atom stereocenters. The molecule has 1 saturated heterocycles. The van der Waals surface area contributed by atoms with Gasteiger partial charge in [0.1, 0.15) is 5.03 Å². The van der Waals surface area contributed by atoms with Gasteiger partial charge in [-0.25, -0.2) is 15.0 Å². The smallest absolute Gasteiger partial charge is 0.240 e. The molecule has 1 aliphatic rings. The Balaban J connectivity index is 1.22. The minimum atomic E-state index is -0.0486. The summed E-state index contributed by atoms with van der Waals surface area (Å²) in [6, 6.07) is 7.98. The first-order valence-electron chi connectivity index (χ1n) is 10.4. The third-order valence-corrected chi connectivity index (χ3v) is 7.27. The van der Waals surface area contributed by atoms with Crippen molar-refractivity contribution in [2.75, 3.05) is 51.2 Å². The summed E-state index contributed by atoms with van der Waals surface area (Å²) in [4.78, 5) is 31.1. The number of aliphatic hydroxyl groups excluding tert-OH is 1. The van der Waals surface area contributed by atoms with Crippen molar-refractivity contribution in [2.24, 2.45) is 0 Å². The molecule has 11 heteroatoms. The zero-order valence-corrected chi connectivity index (χ0v) is 19.0.